The highest BCUT2D eigenvalue weighted by Crippen LogP contribution is 2.23. The smallest absolute Gasteiger partial charge is 0.407 e. The lowest BCUT2D eigenvalue weighted by atomic mass is 10.1. The Morgan fingerprint density at radius 1 is 1.19 bits per heavy atom. The second kappa shape index (κ2) is 8.84. The highest BCUT2D eigenvalue weighted by Gasteiger charge is 2.28. The van der Waals surface area contributed by atoms with Crippen LogP contribution >= 0.6 is 0 Å². The molecule has 0 radical (unpaired) electrons. The summed E-state index contributed by atoms with van der Waals surface area (Å²) in [4.78, 5) is 44.8. The second-order valence-electron chi connectivity index (χ2n) is 9.59. The first-order valence-electron chi connectivity index (χ1n) is 10.9. The van der Waals surface area contributed by atoms with Crippen LogP contribution in [0.25, 0.3) is 11.0 Å². The molecule has 0 saturated carbocycles. The van der Waals surface area contributed by atoms with E-state index in [0.29, 0.717) is 31.1 Å². The van der Waals surface area contributed by atoms with Crippen molar-refractivity contribution in [3.05, 3.63) is 32.4 Å². The van der Waals surface area contributed by atoms with Crippen LogP contribution in [0.4, 0.5) is 10.7 Å². The van der Waals surface area contributed by atoms with Gasteiger partial charge in [-0.05, 0) is 47.5 Å². The van der Waals surface area contributed by atoms with Crippen LogP contribution in [0, 0.1) is 0 Å². The number of aromatic nitrogens is 4. The van der Waals surface area contributed by atoms with Gasteiger partial charge in [-0.3, -0.25) is 9.59 Å². The zero-order valence-electron chi connectivity index (χ0n) is 20.1. The molecule has 0 spiro atoms. The number of anilines is 1. The molecule has 1 aliphatic heterocycles. The van der Waals surface area contributed by atoms with E-state index in [0.717, 1.165) is 18.4 Å². The average Bonchev–Trinajstić information content (AvgIpc) is 3.07. The molecule has 1 aliphatic rings. The average molecular weight is 447 g/mol. The van der Waals surface area contributed by atoms with Crippen molar-refractivity contribution in [2.75, 3.05) is 18.0 Å². The Kier molecular flexibility index (Phi) is 6.52. The monoisotopic (exact) mass is 446 g/mol. The van der Waals surface area contributed by atoms with Crippen molar-refractivity contribution >= 4 is 23.1 Å². The molecule has 2 aromatic heterocycles. The van der Waals surface area contributed by atoms with Gasteiger partial charge in [0.15, 0.2) is 5.52 Å². The van der Waals surface area contributed by atoms with Gasteiger partial charge < -0.3 is 19.5 Å². The summed E-state index contributed by atoms with van der Waals surface area (Å²) in [6, 6.07) is -0.124. The van der Waals surface area contributed by atoms with Crippen molar-refractivity contribution in [3.63, 3.8) is 0 Å². The number of piperidine rings is 1. The number of hydrogen-bond donors (Lipinski definition) is 1. The first kappa shape index (κ1) is 23.6. The molecule has 3 rings (SSSR count). The van der Waals surface area contributed by atoms with Gasteiger partial charge in [-0.2, -0.15) is 0 Å². The van der Waals surface area contributed by atoms with E-state index in [1.54, 1.807) is 14.1 Å². The van der Waals surface area contributed by atoms with Crippen molar-refractivity contribution in [2.24, 2.45) is 14.1 Å². The molecular formula is C22H34N6O4. The Morgan fingerprint density at radius 3 is 2.47 bits per heavy atom. The molecule has 0 unspecified atom stereocenters. The molecule has 32 heavy (non-hydrogen) atoms. The van der Waals surface area contributed by atoms with Crippen molar-refractivity contribution < 1.29 is 9.53 Å². The maximum Gasteiger partial charge on any atom is 0.407 e. The van der Waals surface area contributed by atoms with Gasteiger partial charge in [0.1, 0.15) is 11.1 Å². The summed E-state index contributed by atoms with van der Waals surface area (Å²) >= 11 is 0. The Balaban J connectivity index is 2.01. The minimum absolute atomic E-state index is 0.124. The third kappa shape index (κ3) is 4.89. The molecular weight excluding hydrogens is 412 g/mol. The quantitative estimate of drug-likeness (QED) is 0.720. The predicted molar refractivity (Wildman–Crippen MR) is 124 cm³/mol. The molecule has 0 bridgehead atoms. The van der Waals surface area contributed by atoms with Crippen LogP contribution in [0.5, 0.6) is 0 Å². The number of carbonyl (C=O) groups is 1. The molecule has 0 aromatic carbocycles. The molecule has 1 fully saturated rings. The number of carbonyl (C=O) groups excluding carboxylic acids is 1. The van der Waals surface area contributed by atoms with E-state index in [9.17, 15) is 14.4 Å². The van der Waals surface area contributed by atoms with E-state index < -0.39 is 11.7 Å². The number of nitrogens with zero attached hydrogens (tertiary/aromatic N) is 5. The molecule has 2 aromatic rings. The van der Waals surface area contributed by atoms with E-state index >= 15 is 0 Å². The van der Waals surface area contributed by atoms with Crippen molar-refractivity contribution in [2.45, 2.75) is 65.6 Å². The maximum atomic E-state index is 13.0. The number of hydrogen-bond acceptors (Lipinski definition) is 6. The summed E-state index contributed by atoms with van der Waals surface area (Å²) in [5.41, 5.74) is 0.390. The van der Waals surface area contributed by atoms with E-state index in [-0.39, 0.29) is 22.7 Å². The van der Waals surface area contributed by atoms with Gasteiger partial charge in [0, 0.05) is 39.8 Å². The summed E-state index contributed by atoms with van der Waals surface area (Å²) in [5.74, 6) is 0.564. The topological polar surface area (TPSA) is 103 Å². The van der Waals surface area contributed by atoms with Crippen molar-refractivity contribution in [3.8, 4) is 0 Å². The van der Waals surface area contributed by atoms with Crippen LogP contribution in [0.1, 0.15) is 47.5 Å². The molecule has 1 saturated heterocycles. The second-order valence-corrected chi connectivity index (χ2v) is 9.59. The van der Waals surface area contributed by atoms with E-state index in [4.69, 9.17) is 4.74 Å². The fourth-order valence-corrected chi connectivity index (χ4v) is 3.83. The number of nitrogens with one attached hydrogen (secondary N) is 1. The number of fused-ring (bicyclic) bond motifs is 1. The van der Waals surface area contributed by atoms with Crippen LogP contribution in [0.3, 0.4) is 0 Å². The summed E-state index contributed by atoms with van der Waals surface area (Å²) < 4.78 is 9.78. The lowest BCUT2D eigenvalue weighted by Crippen LogP contribution is -2.49. The molecule has 3 heterocycles. The molecule has 176 valence electrons. The molecule has 1 atom stereocenters. The molecule has 10 heteroatoms. The third-order valence-electron chi connectivity index (χ3n) is 5.50. The Bertz CT molecular complexity index is 1160. The lowest BCUT2D eigenvalue weighted by Gasteiger charge is -2.34. The van der Waals surface area contributed by atoms with Crippen LogP contribution < -0.4 is 21.3 Å². The van der Waals surface area contributed by atoms with Crippen LogP contribution in [0.15, 0.2) is 21.2 Å². The van der Waals surface area contributed by atoms with E-state index in [1.807, 2.05) is 50.2 Å². The lowest BCUT2D eigenvalue weighted by molar-refractivity contribution is 0.0500. The van der Waals surface area contributed by atoms with Gasteiger partial charge in [0.05, 0.1) is 0 Å². The largest absolute Gasteiger partial charge is 0.444 e. The number of rotatable bonds is 4. The molecule has 10 nitrogen and oxygen atoms in total. The number of amides is 1. The highest BCUT2D eigenvalue weighted by atomic mass is 16.6. The SMILES string of the molecule is CC(C)=CCn1c(N2CCC[C@@H](NC(=O)OC(C)(C)C)C2)nc2c(=O)n(C)n(C)c(=O)c21. The summed E-state index contributed by atoms with van der Waals surface area (Å²) in [6.07, 6.45) is 3.20. The van der Waals surface area contributed by atoms with E-state index in [2.05, 4.69) is 10.3 Å². The van der Waals surface area contributed by atoms with Gasteiger partial charge in [0.25, 0.3) is 11.1 Å². The number of alkyl carbamates (subject to hydrolysis) is 1. The van der Waals surface area contributed by atoms with Crippen molar-refractivity contribution in [1.29, 1.82) is 0 Å². The predicted octanol–water partition coefficient (Wildman–Crippen LogP) is 1.89. The first-order valence-corrected chi connectivity index (χ1v) is 10.9. The van der Waals surface area contributed by atoms with Gasteiger partial charge >= 0.3 is 6.09 Å². The first-order chi connectivity index (χ1) is 14.9. The van der Waals surface area contributed by atoms with Crippen LogP contribution in [-0.4, -0.2) is 49.7 Å². The highest BCUT2D eigenvalue weighted by molar-refractivity contribution is 5.77. The van der Waals surface area contributed by atoms with Crippen molar-refractivity contribution in [1.82, 2.24) is 24.2 Å². The normalized spacial score (nSPS) is 16.8. The standard InChI is InChI=1S/C22H34N6O4/c1-14(2)10-12-28-17-16(18(29)25(6)26(7)19(17)30)24-20(28)27-11-8-9-15(13-27)23-21(31)32-22(3,4)5/h10,15H,8-9,11-13H2,1-7H3,(H,23,31)/t15-/m1/s1. The number of imidazole rings is 1. The summed E-state index contributed by atoms with van der Waals surface area (Å²) in [5, 5.41) is 2.94. The van der Waals surface area contributed by atoms with Gasteiger partial charge in [-0.25, -0.2) is 19.1 Å². The fraction of sp³-hybridized carbons (Fsp3) is 0.636. The third-order valence-corrected chi connectivity index (χ3v) is 5.50. The Hall–Kier alpha value is -3.04. The van der Waals surface area contributed by atoms with Gasteiger partial charge in [0.2, 0.25) is 5.95 Å². The minimum Gasteiger partial charge on any atom is -0.444 e. The molecule has 0 aliphatic carbocycles. The molecule has 1 amide bonds. The Labute approximate surface area is 187 Å². The number of allylic oxidation sites excluding steroid dienone is 2. The minimum atomic E-state index is -0.573. The van der Waals surface area contributed by atoms with Gasteiger partial charge in [-0.15, -0.1) is 0 Å². The number of ether oxygens (including phenoxy) is 1. The summed E-state index contributed by atoms with van der Waals surface area (Å²) in [6.45, 7) is 11.1. The Morgan fingerprint density at radius 2 is 1.84 bits per heavy atom. The zero-order chi connectivity index (χ0) is 23.8. The maximum absolute atomic E-state index is 13.0. The van der Waals surface area contributed by atoms with Crippen LogP contribution in [0.2, 0.25) is 0 Å². The zero-order valence-corrected chi connectivity index (χ0v) is 20.1. The summed E-state index contributed by atoms with van der Waals surface area (Å²) in [7, 11) is 3.13. The molecule has 1 N–H and O–H groups in total. The van der Waals surface area contributed by atoms with Gasteiger partial charge in [-0.1, -0.05) is 11.6 Å². The van der Waals surface area contributed by atoms with E-state index in [1.165, 1.54) is 9.36 Å². The fourth-order valence-electron chi connectivity index (χ4n) is 3.83. The van der Waals surface area contributed by atoms with Crippen LogP contribution in [-0.2, 0) is 25.4 Å².